The molecular formula is C25H18O2P+. The van der Waals surface area contributed by atoms with E-state index in [1.165, 1.54) is 0 Å². The minimum Gasteiger partial charge on any atom is -0.234 e. The Morgan fingerprint density at radius 3 is 1.32 bits per heavy atom. The van der Waals surface area contributed by atoms with Crippen LogP contribution in [-0.4, -0.2) is 5.52 Å². The molecule has 4 rings (SSSR count). The lowest BCUT2D eigenvalue weighted by molar-refractivity contribution is 0.108. The highest BCUT2D eigenvalue weighted by molar-refractivity contribution is 7.47. The van der Waals surface area contributed by atoms with Gasteiger partial charge in [0.1, 0.15) is 0 Å². The molecule has 4 aromatic carbocycles. The Balaban J connectivity index is 2.08. The molecule has 0 saturated heterocycles. The minimum absolute atomic E-state index is 0.364. The zero-order valence-electron chi connectivity index (χ0n) is 15.1. The second kappa shape index (κ2) is 8.12. The van der Waals surface area contributed by atoms with Crippen molar-refractivity contribution in [2.45, 2.75) is 0 Å². The summed E-state index contributed by atoms with van der Waals surface area (Å²) in [4.78, 5) is 12.7. The monoisotopic (exact) mass is 381 g/mol. The maximum absolute atomic E-state index is 12.7. The third-order valence-corrected chi connectivity index (χ3v) is 5.17. The van der Waals surface area contributed by atoms with Crippen LogP contribution in [0.4, 0.5) is 0 Å². The Bertz CT molecular complexity index is 1060. The fourth-order valence-corrected chi connectivity index (χ4v) is 3.80. The number of carbonyl (C=O) groups excluding carboxylic acids is 1. The maximum Gasteiger partial charge on any atom is 0.406 e. The van der Waals surface area contributed by atoms with Crippen LogP contribution in [0.25, 0.3) is 33.4 Å². The molecule has 0 bridgehead atoms. The first-order valence-corrected chi connectivity index (χ1v) is 9.95. The number of rotatable bonds is 5. The summed E-state index contributed by atoms with van der Waals surface area (Å²) in [5.74, 6) is 0. The lowest BCUT2D eigenvalue weighted by Crippen LogP contribution is -2.00. The van der Waals surface area contributed by atoms with Crippen molar-refractivity contribution >= 4 is 14.0 Å². The van der Waals surface area contributed by atoms with E-state index in [1.54, 1.807) is 0 Å². The molecule has 0 N–H and O–H groups in total. The first-order chi connectivity index (χ1) is 13.8. The van der Waals surface area contributed by atoms with Crippen LogP contribution in [-0.2, 0) is 4.57 Å². The number of benzene rings is 4. The van der Waals surface area contributed by atoms with Crippen molar-refractivity contribution < 1.29 is 9.36 Å². The van der Waals surface area contributed by atoms with E-state index in [-0.39, 0.29) is 5.52 Å². The summed E-state index contributed by atoms with van der Waals surface area (Å²) in [7, 11) is -1.03. The molecule has 0 aliphatic heterocycles. The van der Waals surface area contributed by atoms with Gasteiger partial charge in [0, 0.05) is 0 Å². The van der Waals surface area contributed by atoms with Crippen LogP contribution in [0.5, 0.6) is 0 Å². The molecule has 3 heteroatoms. The summed E-state index contributed by atoms with van der Waals surface area (Å²) in [6.45, 7) is 0. The lowest BCUT2D eigenvalue weighted by Gasteiger charge is -2.14. The highest BCUT2D eigenvalue weighted by Crippen LogP contribution is 2.38. The normalized spacial score (nSPS) is 10.7. The molecule has 0 amide bonds. The van der Waals surface area contributed by atoms with Crippen LogP contribution >= 0.6 is 8.46 Å². The van der Waals surface area contributed by atoms with Gasteiger partial charge >= 0.3 is 14.0 Å². The van der Waals surface area contributed by atoms with Gasteiger partial charge in [0.05, 0.1) is 5.56 Å². The second-order valence-electron chi connectivity index (χ2n) is 6.48. The van der Waals surface area contributed by atoms with E-state index in [1.807, 2.05) is 91.0 Å². The first-order valence-electron chi connectivity index (χ1n) is 9.04. The summed E-state index contributed by atoms with van der Waals surface area (Å²) >= 11 is 0. The summed E-state index contributed by atoms with van der Waals surface area (Å²) < 4.78 is 11.6. The smallest absolute Gasteiger partial charge is 0.234 e. The highest BCUT2D eigenvalue weighted by atomic mass is 31.1. The summed E-state index contributed by atoms with van der Waals surface area (Å²) in [5.41, 5.74) is 5.69. The van der Waals surface area contributed by atoms with E-state index in [2.05, 4.69) is 12.1 Å². The van der Waals surface area contributed by atoms with Gasteiger partial charge in [-0.05, 0) is 45.5 Å². The molecule has 4 aromatic rings. The minimum atomic E-state index is -1.03. The molecule has 28 heavy (non-hydrogen) atoms. The van der Waals surface area contributed by atoms with Gasteiger partial charge < -0.3 is 0 Å². The van der Waals surface area contributed by atoms with Crippen LogP contribution in [0, 0.1) is 0 Å². The third kappa shape index (κ3) is 3.55. The van der Waals surface area contributed by atoms with Crippen molar-refractivity contribution in [3.63, 3.8) is 0 Å². The molecule has 2 nitrogen and oxygen atoms in total. The van der Waals surface area contributed by atoms with E-state index in [4.69, 9.17) is 0 Å². The molecule has 0 fully saturated rings. The molecule has 1 atom stereocenters. The molecule has 0 radical (unpaired) electrons. The molecule has 0 spiro atoms. The standard InChI is InChI=1S/C25H17O2P/c26-25(28-27)24-22(19-12-6-2-7-13-19)16-21(18-10-4-1-5-11-18)17-23(24)20-14-8-3-9-15-20/h1-17H/p+1. The zero-order valence-corrected chi connectivity index (χ0v) is 16.1. The van der Waals surface area contributed by atoms with Crippen LogP contribution in [0.1, 0.15) is 10.4 Å². The number of hydrogen-bond acceptors (Lipinski definition) is 2. The van der Waals surface area contributed by atoms with Gasteiger partial charge in [-0.2, -0.15) is 0 Å². The lowest BCUT2D eigenvalue weighted by atomic mass is 9.88. The second-order valence-corrected chi connectivity index (χ2v) is 7.13. The SMILES string of the molecule is O=[PH+]C(=O)c1c(-c2ccccc2)cc(-c2ccccc2)cc1-c1ccccc1. The van der Waals surface area contributed by atoms with E-state index in [9.17, 15) is 9.36 Å². The summed E-state index contributed by atoms with van der Waals surface area (Å²) in [6, 6.07) is 33.7. The Morgan fingerprint density at radius 1 is 0.536 bits per heavy atom. The van der Waals surface area contributed by atoms with Crippen LogP contribution in [0.15, 0.2) is 103 Å². The maximum atomic E-state index is 12.7. The molecular weight excluding hydrogens is 363 g/mol. The van der Waals surface area contributed by atoms with Crippen molar-refractivity contribution in [3.05, 3.63) is 109 Å². The Morgan fingerprint density at radius 2 is 0.929 bits per heavy atom. The van der Waals surface area contributed by atoms with Crippen LogP contribution < -0.4 is 0 Å². The fraction of sp³-hybridized carbons (Fsp3) is 0. The molecule has 0 aliphatic carbocycles. The summed E-state index contributed by atoms with van der Waals surface area (Å²) in [6.07, 6.45) is 0. The number of hydrogen-bond donors (Lipinski definition) is 0. The summed E-state index contributed by atoms with van der Waals surface area (Å²) in [5, 5.41) is 0. The zero-order chi connectivity index (χ0) is 19.3. The van der Waals surface area contributed by atoms with Gasteiger partial charge in [-0.3, -0.25) is 0 Å². The van der Waals surface area contributed by atoms with Crippen molar-refractivity contribution in [2.75, 3.05) is 0 Å². The third-order valence-electron chi connectivity index (χ3n) is 4.73. The van der Waals surface area contributed by atoms with Gasteiger partial charge in [0.25, 0.3) is 0 Å². The molecule has 0 saturated carbocycles. The van der Waals surface area contributed by atoms with Crippen molar-refractivity contribution in [1.29, 1.82) is 0 Å². The van der Waals surface area contributed by atoms with Crippen molar-refractivity contribution in [3.8, 4) is 33.4 Å². The van der Waals surface area contributed by atoms with Gasteiger partial charge in [-0.25, -0.2) is 4.79 Å². The molecule has 1 unspecified atom stereocenters. The first kappa shape index (κ1) is 18.0. The average Bonchev–Trinajstić information content (AvgIpc) is 2.79. The quantitative estimate of drug-likeness (QED) is 0.354. The Kier molecular flexibility index (Phi) is 5.23. The van der Waals surface area contributed by atoms with Gasteiger partial charge in [0.2, 0.25) is 0 Å². The topological polar surface area (TPSA) is 34.1 Å². The average molecular weight is 381 g/mol. The van der Waals surface area contributed by atoms with Gasteiger partial charge in [0.15, 0.2) is 0 Å². The van der Waals surface area contributed by atoms with Gasteiger partial charge in [-0.15, -0.1) is 0 Å². The largest absolute Gasteiger partial charge is 0.406 e. The predicted molar refractivity (Wildman–Crippen MR) is 116 cm³/mol. The van der Waals surface area contributed by atoms with E-state index < -0.39 is 8.46 Å². The molecule has 0 aliphatic rings. The van der Waals surface area contributed by atoms with Crippen LogP contribution in [0.3, 0.4) is 0 Å². The molecule has 134 valence electrons. The molecule has 0 aromatic heterocycles. The van der Waals surface area contributed by atoms with Crippen molar-refractivity contribution in [2.24, 2.45) is 0 Å². The van der Waals surface area contributed by atoms with Crippen molar-refractivity contribution in [1.82, 2.24) is 0 Å². The van der Waals surface area contributed by atoms with E-state index >= 15 is 0 Å². The Labute approximate surface area is 165 Å². The van der Waals surface area contributed by atoms with E-state index in [0.29, 0.717) is 5.56 Å². The van der Waals surface area contributed by atoms with E-state index in [0.717, 1.165) is 33.4 Å². The Hall–Kier alpha value is -3.35. The number of carbonyl (C=O) groups is 1. The van der Waals surface area contributed by atoms with Crippen LogP contribution in [0.2, 0.25) is 0 Å². The molecule has 0 heterocycles. The van der Waals surface area contributed by atoms with Gasteiger partial charge in [-0.1, -0.05) is 95.6 Å². The fourth-order valence-electron chi connectivity index (χ4n) is 3.43. The predicted octanol–water partition coefficient (Wildman–Crippen LogP) is 6.85. The highest BCUT2D eigenvalue weighted by Gasteiger charge is 2.25.